The van der Waals surface area contributed by atoms with Crippen molar-refractivity contribution in [2.75, 3.05) is 25.0 Å². The highest BCUT2D eigenvalue weighted by molar-refractivity contribution is 5.94. The van der Waals surface area contributed by atoms with Crippen molar-refractivity contribution in [1.82, 2.24) is 4.90 Å². The molecule has 1 aliphatic rings. The Morgan fingerprint density at radius 1 is 1.41 bits per heavy atom. The molecular formula is C15H16F3N3O. The summed E-state index contributed by atoms with van der Waals surface area (Å²) in [6.45, 7) is -0.566. The Bertz CT molecular complexity index is 580. The summed E-state index contributed by atoms with van der Waals surface area (Å²) in [4.78, 5) is 13.5. The monoisotopic (exact) mass is 311 g/mol. The molecule has 1 atom stereocenters. The van der Waals surface area contributed by atoms with Crippen LogP contribution in [0.15, 0.2) is 24.3 Å². The van der Waals surface area contributed by atoms with Gasteiger partial charge in [0.15, 0.2) is 0 Å². The summed E-state index contributed by atoms with van der Waals surface area (Å²) >= 11 is 0. The van der Waals surface area contributed by atoms with E-state index in [-0.39, 0.29) is 12.5 Å². The van der Waals surface area contributed by atoms with Crippen LogP contribution < -0.4 is 5.32 Å². The number of nitrogens with one attached hydrogen (secondary N) is 1. The third-order valence-corrected chi connectivity index (χ3v) is 3.58. The average molecular weight is 311 g/mol. The number of para-hydroxylation sites is 1. The number of hydrogen-bond acceptors (Lipinski definition) is 3. The van der Waals surface area contributed by atoms with Gasteiger partial charge in [-0.25, -0.2) is 0 Å². The van der Waals surface area contributed by atoms with E-state index in [1.54, 1.807) is 24.3 Å². The first-order valence-corrected chi connectivity index (χ1v) is 6.98. The van der Waals surface area contributed by atoms with Gasteiger partial charge in [-0.2, -0.15) is 18.4 Å². The van der Waals surface area contributed by atoms with Gasteiger partial charge in [-0.3, -0.25) is 9.69 Å². The molecule has 1 saturated heterocycles. The maximum atomic E-state index is 12.4. The van der Waals surface area contributed by atoms with Crippen molar-refractivity contribution < 1.29 is 18.0 Å². The van der Waals surface area contributed by atoms with Crippen LogP contribution in [0, 0.1) is 17.2 Å². The van der Waals surface area contributed by atoms with Crippen LogP contribution in [-0.2, 0) is 4.79 Å². The van der Waals surface area contributed by atoms with Gasteiger partial charge < -0.3 is 5.32 Å². The largest absolute Gasteiger partial charge is 0.401 e. The highest BCUT2D eigenvalue weighted by atomic mass is 19.4. The van der Waals surface area contributed by atoms with Gasteiger partial charge in [-0.15, -0.1) is 0 Å². The molecule has 4 nitrogen and oxygen atoms in total. The lowest BCUT2D eigenvalue weighted by atomic mass is 9.97. The second kappa shape index (κ2) is 6.79. The van der Waals surface area contributed by atoms with E-state index in [2.05, 4.69) is 5.32 Å². The lowest BCUT2D eigenvalue weighted by Crippen LogP contribution is -2.44. The SMILES string of the molecule is N#Cc1ccccc1NC(=O)[C@H]1CCCN(CC(F)(F)F)C1. The number of nitrogens with zero attached hydrogens (tertiary/aromatic N) is 2. The maximum absolute atomic E-state index is 12.4. The zero-order chi connectivity index (χ0) is 16.2. The van der Waals surface area contributed by atoms with Crippen LogP contribution in [0.1, 0.15) is 18.4 Å². The fourth-order valence-electron chi connectivity index (χ4n) is 2.59. The Hall–Kier alpha value is -2.07. The van der Waals surface area contributed by atoms with E-state index >= 15 is 0 Å². The second-order valence-corrected chi connectivity index (χ2v) is 5.34. The van der Waals surface area contributed by atoms with Crippen molar-refractivity contribution in [1.29, 1.82) is 5.26 Å². The topological polar surface area (TPSA) is 56.1 Å². The second-order valence-electron chi connectivity index (χ2n) is 5.34. The molecule has 0 aliphatic carbocycles. The molecule has 0 unspecified atom stereocenters. The van der Waals surface area contributed by atoms with Crippen LogP contribution in [0.2, 0.25) is 0 Å². The Morgan fingerprint density at radius 2 is 2.14 bits per heavy atom. The van der Waals surface area contributed by atoms with Gasteiger partial charge in [0.1, 0.15) is 6.07 Å². The van der Waals surface area contributed by atoms with Crippen molar-refractivity contribution in [3.8, 4) is 6.07 Å². The summed E-state index contributed by atoms with van der Waals surface area (Å²) in [7, 11) is 0. The number of rotatable bonds is 3. The minimum absolute atomic E-state index is 0.0834. The zero-order valence-electron chi connectivity index (χ0n) is 11.9. The van der Waals surface area contributed by atoms with Crippen LogP contribution in [0.5, 0.6) is 0 Å². The fraction of sp³-hybridized carbons (Fsp3) is 0.467. The first-order valence-electron chi connectivity index (χ1n) is 6.98. The molecule has 0 radical (unpaired) electrons. The van der Waals surface area contributed by atoms with Crippen molar-refractivity contribution >= 4 is 11.6 Å². The highest BCUT2D eigenvalue weighted by Crippen LogP contribution is 2.24. The van der Waals surface area contributed by atoms with Crippen LogP contribution in [0.3, 0.4) is 0 Å². The van der Waals surface area contributed by atoms with Crippen molar-refractivity contribution in [2.24, 2.45) is 5.92 Å². The Kier molecular flexibility index (Phi) is 5.03. The van der Waals surface area contributed by atoms with E-state index in [1.165, 1.54) is 4.90 Å². The number of carbonyl (C=O) groups excluding carboxylic acids is 1. The summed E-state index contributed by atoms with van der Waals surface area (Å²) in [6, 6.07) is 8.52. The van der Waals surface area contributed by atoms with Gasteiger partial charge in [-0.1, -0.05) is 12.1 Å². The van der Waals surface area contributed by atoms with Crippen molar-refractivity contribution in [3.63, 3.8) is 0 Å². The minimum Gasteiger partial charge on any atom is -0.325 e. The van der Waals surface area contributed by atoms with E-state index in [0.29, 0.717) is 30.6 Å². The predicted molar refractivity (Wildman–Crippen MR) is 75.0 cm³/mol. The van der Waals surface area contributed by atoms with Gasteiger partial charge in [0.2, 0.25) is 5.91 Å². The number of hydrogen-bond donors (Lipinski definition) is 1. The number of nitriles is 1. The third-order valence-electron chi connectivity index (χ3n) is 3.58. The van der Waals surface area contributed by atoms with Crippen LogP contribution in [-0.4, -0.2) is 36.6 Å². The molecule has 1 aliphatic heterocycles. The Balaban J connectivity index is 1.99. The number of halogens is 3. The standard InChI is InChI=1S/C15H16F3N3O/c16-15(17,18)10-21-7-3-5-12(9-21)14(22)20-13-6-2-1-4-11(13)8-19/h1-2,4,6,12H,3,5,7,9-10H2,(H,20,22)/t12-/m0/s1. The molecule has 1 aromatic rings. The van der Waals surface area contributed by atoms with E-state index in [4.69, 9.17) is 5.26 Å². The quantitative estimate of drug-likeness (QED) is 0.934. The molecule has 0 aromatic heterocycles. The molecule has 1 N–H and O–H groups in total. The van der Waals surface area contributed by atoms with Gasteiger partial charge in [-0.05, 0) is 31.5 Å². The normalized spacial score (nSPS) is 19.5. The van der Waals surface area contributed by atoms with Gasteiger partial charge in [0.25, 0.3) is 0 Å². The fourth-order valence-corrected chi connectivity index (χ4v) is 2.59. The minimum atomic E-state index is -4.26. The first-order chi connectivity index (χ1) is 10.4. The predicted octanol–water partition coefficient (Wildman–Crippen LogP) is 2.77. The number of benzene rings is 1. The molecule has 118 valence electrons. The van der Waals surface area contributed by atoms with Gasteiger partial charge >= 0.3 is 6.18 Å². The number of amides is 1. The van der Waals surface area contributed by atoms with Gasteiger partial charge in [0.05, 0.1) is 23.7 Å². The number of anilines is 1. The van der Waals surface area contributed by atoms with E-state index in [0.717, 1.165) is 0 Å². The molecular weight excluding hydrogens is 295 g/mol. The third kappa shape index (κ3) is 4.46. The van der Waals surface area contributed by atoms with E-state index in [1.807, 2.05) is 6.07 Å². The summed E-state index contributed by atoms with van der Waals surface area (Å²) < 4.78 is 37.3. The van der Waals surface area contributed by atoms with Gasteiger partial charge in [0, 0.05) is 6.54 Å². The van der Waals surface area contributed by atoms with E-state index < -0.39 is 18.6 Å². The summed E-state index contributed by atoms with van der Waals surface area (Å²) in [6.07, 6.45) is -3.16. The van der Waals surface area contributed by atoms with Crippen LogP contribution in [0.25, 0.3) is 0 Å². The average Bonchev–Trinajstić information content (AvgIpc) is 2.46. The van der Waals surface area contributed by atoms with Crippen molar-refractivity contribution in [3.05, 3.63) is 29.8 Å². The number of carbonyl (C=O) groups is 1. The zero-order valence-corrected chi connectivity index (χ0v) is 11.9. The molecule has 22 heavy (non-hydrogen) atoms. The highest BCUT2D eigenvalue weighted by Gasteiger charge is 2.34. The molecule has 1 heterocycles. The van der Waals surface area contributed by atoms with E-state index in [9.17, 15) is 18.0 Å². The molecule has 0 bridgehead atoms. The first kappa shape index (κ1) is 16.3. The molecule has 0 spiro atoms. The van der Waals surface area contributed by atoms with Crippen LogP contribution in [0.4, 0.5) is 18.9 Å². The smallest absolute Gasteiger partial charge is 0.325 e. The number of likely N-dealkylation sites (tertiary alicyclic amines) is 1. The maximum Gasteiger partial charge on any atom is 0.401 e. The Labute approximate surface area is 126 Å². The number of alkyl halides is 3. The molecule has 1 fully saturated rings. The Morgan fingerprint density at radius 3 is 2.82 bits per heavy atom. The molecule has 7 heteroatoms. The lowest BCUT2D eigenvalue weighted by molar-refractivity contribution is -0.151. The van der Waals surface area contributed by atoms with Crippen LogP contribution >= 0.6 is 0 Å². The molecule has 2 rings (SSSR count). The molecule has 1 aromatic carbocycles. The molecule has 0 saturated carbocycles. The number of piperidine rings is 1. The van der Waals surface area contributed by atoms with Crippen molar-refractivity contribution in [2.45, 2.75) is 19.0 Å². The summed E-state index contributed by atoms with van der Waals surface area (Å²) in [5.41, 5.74) is 0.724. The summed E-state index contributed by atoms with van der Waals surface area (Å²) in [5, 5.41) is 11.6. The molecule has 1 amide bonds. The lowest BCUT2D eigenvalue weighted by Gasteiger charge is -2.32. The summed E-state index contributed by atoms with van der Waals surface area (Å²) in [5.74, 6) is -0.836.